The maximum absolute atomic E-state index is 13.5. The third-order valence-electron chi connectivity index (χ3n) is 1.95. The van der Waals surface area contributed by atoms with Crippen LogP contribution in [-0.2, 0) is 0 Å². The van der Waals surface area contributed by atoms with Gasteiger partial charge in [-0.3, -0.25) is 4.98 Å². The number of hydrogen-bond donors (Lipinski definition) is 1. The molecule has 1 aromatic carbocycles. The Morgan fingerprint density at radius 3 is 2.86 bits per heavy atom. The van der Waals surface area contributed by atoms with Crippen molar-refractivity contribution < 1.29 is 14.3 Å². The fourth-order valence-electron chi connectivity index (χ4n) is 1.28. The lowest BCUT2D eigenvalue weighted by Gasteiger charge is -2.00. The zero-order chi connectivity index (χ0) is 10.1. The Balaban J connectivity index is 2.81. The summed E-state index contributed by atoms with van der Waals surface area (Å²) in [5, 5.41) is 8.89. The summed E-state index contributed by atoms with van der Waals surface area (Å²) in [6.45, 7) is 0. The molecule has 0 spiro atoms. The lowest BCUT2D eigenvalue weighted by atomic mass is 10.1. The van der Waals surface area contributed by atoms with Crippen molar-refractivity contribution in [3.05, 3.63) is 41.8 Å². The van der Waals surface area contributed by atoms with E-state index in [0.717, 1.165) is 0 Å². The summed E-state index contributed by atoms with van der Waals surface area (Å²) in [4.78, 5) is 14.5. The summed E-state index contributed by atoms with van der Waals surface area (Å²) in [6.07, 6.45) is 1.53. The van der Waals surface area contributed by atoms with Crippen LogP contribution >= 0.6 is 0 Å². The first-order valence-electron chi connectivity index (χ1n) is 3.96. The van der Waals surface area contributed by atoms with Gasteiger partial charge in [0.05, 0.1) is 11.1 Å². The summed E-state index contributed by atoms with van der Waals surface area (Å²) in [5.74, 6) is -2.00. The number of aromatic carboxylic acids is 1. The van der Waals surface area contributed by atoms with Gasteiger partial charge in [-0.2, -0.15) is 0 Å². The van der Waals surface area contributed by atoms with Crippen molar-refractivity contribution in [1.29, 1.82) is 0 Å². The van der Waals surface area contributed by atoms with Gasteiger partial charge in [0.25, 0.3) is 0 Å². The van der Waals surface area contributed by atoms with E-state index in [4.69, 9.17) is 5.11 Å². The van der Waals surface area contributed by atoms with E-state index >= 15 is 0 Å². The van der Waals surface area contributed by atoms with Crippen molar-refractivity contribution in [1.82, 2.24) is 4.98 Å². The van der Waals surface area contributed by atoms with Gasteiger partial charge in [0.2, 0.25) is 0 Å². The van der Waals surface area contributed by atoms with Crippen molar-refractivity contribution >= 4 is 16.9 Å². The number of nitrogens with zero attached hydrogens (tertiary/aromatic N) is 1. The van der Waals surface area contributed by atoms with Crippen LogP contribution in [0.4, 0.5) is 4.39 Å². The van der Waals surface area contributed by atoms with Crippen LogP contribution in [0.25, 0.3) is 10.9 Å². The summed E-state index contributed by atoms with van der Waals surface area (Å²) in [5.41, 5.74) is 0.125. The normalized spacial score (nSPS) is 10.4. The minimum Gasteiger partial charge on any atom is -0.478 e. The van der Waals surface area contributed by atoms with E-state index in [1.165, 1.54) is 24.4 Å². The lowest BCUT2D eigenvalue weighted by molar-refractivity contribution is 0.0692. The van der Waals surface area contributed by atoms with E-state index in [9.17, 15) is 9.18 Å². The Labute approximate surface area is 78.8 Å². The summed E-state index contributed by atoms with van der Waals surface area (Å²) in [6, 6.07) is 5.77. The van der Waals surface area contributed by atoms with E-state index in [1.54, 1.807) is 6.07 Å². The van der Waals surface area contributed by atoms with Gasteiger partial charge in [-0.05, 0) is 24.3 Å². The fraction of sp³-hybridized carbons (Fsp3) is 0. The molecule has 0 saturated heterocycles. The molecule has 0 radical (unpaired) electrons. The highest BCUT2D eigenvalue weighted by molar-refractivity contribution is 5.93. The maximum Gasteiger partial charge on any atom is 0.338 e. The molecule has 0 aliphatic rings. The molecule has 1 heterocycles. The molecule has 0 saturated carbocycles. The van der Waals surface area contributed by atoms with Gasteiger partial charge in [0.15, 0.2) is 0 Å². The smallest absolute Gasteiger partial charge is 0.338 e. The number of rotatable bonds is 1. The number of benzene rings is 1. The predicted octanol–water partition coefficient (Wildman–Crippen LogP) is 2.07. The number of carbonyl (C=O) groups is 1. The first-order chi connectivity index (χ1) is 6.70. The monoisotopic (exact) mass is 191 g/mol. The average Bonchev–Trinajstić information content (AvgIpc) is 2.18. The molecule has 3 nitrogen and oxygen atoms in total. The van der Waals surface area contributed by atoms with Crippen molar-refractivity contribution in [3.63, 3.8) is 0 Å². The number of fused-ring (bicyclic) bond motifs is 1. The first-order valence-corrected chi connectivity index (χ1v) is 3.96. The van der Waals surface area contributed by atoms with E-state index < -0.39 is 11.8 Å². The van der Waals surface area contributed by atoms with Gasteiger partial charge in [-0.25, -0.2) is 9.18 Å². The predicted molar refractivity (Wildman–Crippen MR) is 48.7 cm³/mol. The van der Waals surface area contributed by atoms with Gasteiger partial charge >= 0.3 is 5.97 Å². The van der Waals surface area contributed by atoms with Crippen LogP contribution in [0.2, 0.25) is 0 Å². The molecule has 0 aliphatic heterocycles. The van der Waals surface area contributed by atoms with E-state index in [1.807, 2.05) is 0 Å². The quantitative estimate of drug-likeness (QED) is 0.750. The maximum atomic E-state index is 13.5. The molecule has 14 heavy (non-hydrogen) atoms. The topological polar surface area (TPSA) is 50.2 Å². The highest BCUT2D eigenvalue weighted by Crippen LogP contribution is 2.18. The lowest BCUT2D eigenvalue weighted by Crippen LogP contribution is -2.00. The van der Waals surface area contributed by atoms with Crippen molar-refractivity contribution in [3.8, 4) is 0 Å². The Hall–Kier alpha value is -1.97. The molecule has 0 atom stereocenters. The second-order valence-electron chi connectivity index (χ2n) is 2.80. The third-order valence-corrected chi connectivity index (χ3v) is 1.95. The zero-order valence-electron chi connectivity index (χ0n) is 7.07. The van der Waals surface area contributed by atoms with Gasteiger partial charge < -0.3 is 5.11 Å². The zero-order valence-corrected chi connectivity index (χ0v) is 7.07. The number of aromatic nitrogens is 1. The second-order valence-corrected chi connectivity index (χ2v) is 2.80. The summed E-state index contributed by atoms with van der Waals surface area (Å²) in [7, 11) is 0. The number of hydrogen-bond acceptors (Lipinski definition) is 2. The molecular formula is C10H6FNO2. The van der Waals surface area contributed by atoms with Gasteiger partial charge in [-0.15, -0.1) is 0 Å². The molecular weight excluding hydrogens is 185 g/mol. The SMILES string of the molecule is O=C(O)c1ccc2ncccc2c1F. The standard InChI is InChI=1S/C10H6FNO2/c11-9-6-2-1-5-12-8(6)4-3-7(9)10(13)14/h1-5H,(H,13,14). The van der Waals surface area contributed by atoms with Crippen LogP contribution in [-0.4, -0.2) is 16.1 Å². The molecule has 1 N–H and O–H groups in total. The molecule has 2 aromatic rings. The minimum absolute atomic E-state index is 0.229. The van der Waals surface area contributed by atoms with Gasteiger partial charge in [0, 0.05) is 11.6 Å². The van der Waals surface area contributed by atoms with Crippen molar-refractivity contribution in [2.24, 2.45) is 0 Å². The Morgan fingerprint density at radius 2 is 2.14 bits per heavy atom. The molecule has 0 unspecified atom stereocenters. The largest absolute Gasteiger partial charge is 0.478 e. The van der Waals surface area contributed by atoms with Gasteiger partial charge in [-0.1, -0.05) is 0 Å². The van der Waals surface area contributed by atoms with Gasteiger partial charge in [0.1, 0.15) is 5.82 Å². The van der Waals surface area contributed by atoms with E-state index in [2.05, 4.69) is 4.98 Å². The molecule has 1 aromatic heterocycles. The number of carboxylic acid groups (broad SMARTS) is 1. The summed E-state index contributed by atoms with van der Waals surface area (Å²) >= 11 is 0. The molecule has 4 heteroatoms. The second kappa shape index (κ2) is 3.06. The number of carboxylic acids is 1. The van der Waals surface area contributed by atoms with Crippen LogP contribution < -0.4 is 0 Å². The van der Waals surface area contributed by atoms with Crippen LogP contribution in [0.5, 0.6) is 0 Å². The fourth-order valence-corrected chi connectivity index (χ4v) is 1.28. The average molecular weight is 191 g/mol. The van der Waals surface area contributed by atoms with Crippen LogP contribution in [0.15, 0.2) is 30.5 Å². The summed E-state index contributed by atoms with van der Waals surface area (Å²) < 4.78 is 13.5. The molecule has 70 valence electrons. The molecule has 2 rings (SSSR count). The Bertz CT molecular complexity index is 510. The van der Waals surface area contributed by atoms with Crippen LogP contribution in [0.3, 0.4) is 0 Å². The molecule has 0 bridgehead atoms. The Morgan fingerprint density at radius 1 is 1.36 bits per heavy atom. The highest BCUT2D eigenvalue weighted by Gasteiger charge is 2.12. The first kappa shape index (κ1) is 8.62. The van der Waals surface area contributed by atoms with E-state index in [-0.39, 0.29) is 10.9 Å². The van der Waals surface area contributed by atoms with Crippen molar-refractivity contribution in [2.75, 3.05) is 0 Å². The molecule has 0 aliphatic carbocycles. The minimum atomic E-state index is -1.27. The number of pyridine rings is 1. The Kier molecular flexibility index (Phi) is 1.89. The third kappa shape index (κ3) is 1.21. The number of halogens is 1. The van der Waals surface area contributed by atoms with Crippen LogP contribution in [0, 0.1) is 5.82 Å². The highest BCUT2D eigenvalue weighted by atomic mass is 19.1. The molecule has 0 amide bonds. The van der Waals surface area contributed by atoms with E-state index in [0.29, 0.717) is 5.52 Å². The van der Waals surface area contributed by atoms with Crippen molar-refractivity contribution in [2.45, 2.75) is 0 Å². The van der Waals surface area contributed by atoms with Crippen LogP contribution in [0.1, 0.15) is 10.4 Å². The molecule has 0 fully saturated rings.